The molecule has 3 heteroatoms. The molecule has 0 bridgehead atoms. The Hall–Kier alpha value is -0.570. The highest BCUT2D eigenvalue weighted by atomic mass is 16.1. The maximum absolute atomic E-state index is 11.8. The standard InChI is InChI=1S/C13H26N2O/c1-10(8-14)9-15-13(16)11(2)7-12-5-3-4-6-12/h10-12H,3-9,14H2,1-2H3,(H,15,16). The summed E-state index contributed by atoms with van der Waals surface area (Å²) < 4.78 is 0. The third-order valence-corrected chi connectivity index (χ3v) is 3.64. The highest BCUT2D eigenvalue weighted by molar-refractivity contribution is 5.78. The second kappa shape index (κ2) is 6.89. The quantitative estimate of drug-likeness (QED) is 0.727. The lowest BCUT2D eigenvalue weighted by Gasteiger charge is -2.17. The minimum Gasteiger partial charge on any atom is -0.356 e. The summed E-state index contributed by atoms with van der Waals surface area (Å²) in [5, 5.41) is 2.99. The zero-order valence-electron chi connectivity index (χ0n) is 10.7. The van der Waals surface area contributed by atoms with Crippen LogP contribution >= 0.6 is 0 Å². The fraction of sp³-hybridized carbons (Fsp3) is 0.923. The molecule has 0 aliphatic heterocycles. The number of carbonyl (C=O) groups is 1. The maximum Gasteiger partial charge on any atom is 0.222 e. The van der Waals surface area contributed by atoms with Gasteiger partial charge in [0.1, 0.15) is 0 Å². The molecule has 1 amide bonds. The van der Waals surface area contributed by atoms with Crippen molar-refractivity contribution in [3.63, 3.8) is 0 Å². The number of rotatable bonds is 6. The fourth-order valence-electron chi connectivity index (χ4n) is 2.39. The lowest BCUT2D eigenvalue weighted by Crippen LogP contribution is -2.35. The molecule has 0 aromatic heterocycles. The lowest BCUT2D eigenvalue weighted by molar-refractivity contribution is -0.125. The zero-order chi connectivity index (χ0) is 12.0. The van der Waals surface area contributed by atoms with E-state index in [0.29, 0.717) is 19.0 Å². The molecule has 0 saturated heterocycles. The summed E-state index contributed by atoms with van der Waals surface area (Å²) in [6.45, 7) is 5.45. The van der Waals surface area contributed by atoms with Crippen LogP contribution in [0.1, 0.15) is 46.0 Å². The normalized spacial score (nSPS) is 20.7. The predicted molar refractivity (Wildman–Crippen MR) is 67.0 cm³/mol. The predicted octanol–water partition coefficient (Wildman–Crippen LogP) is 1.91. The summed E-state index contributed by atoms with van der Waals surface area (Å²) >= 11 is 0. The zero-order valence-corrected chi connectivity index (χ0v) is 10.7. The molecule has 1 aliphatic rings. The molecule has 1 rings (SSSR count). The molecule has 2 unspecified atom stereocenters. The van der Waals surface area contributed by atoms with Gasteiger partial charge in [0.15, 0.2) is 0 Å². The summed E-state index contributed by atoms with van der Waals surface area (Å²) in [5.74, 6) is 1.52. The van der Waals surface area contributed by atoms with Crippen molar-refractivity contribution in [2.24, 2.45) is 23.5 Å². The van der Waals surface area contributed by atoms with Crippen molar-refractivity contribution in [1.82, 2.24) is 5.32 Å². The van der Waals surface area contributed by atoms with E-state index in [1.807, 2.05) is 6.92 Å². The molecule has 94 valence electrons. The molecule has 16 heavy (non-hydrogen) atoms. The van der Waals surface area contributed by atoms with Gasteiger partial charge in [-0.2, -0.15) is 0 Å². The Labute approximate surface area is 99.2 Å². The van der Waals surface area contributed by atoms with Crippen LogP contribution in [0.5, 0.6) is 0 Å². The molecule has 0 aromatic carbocycles. The van der Waals surface area contributed by atoms with Gasteiger partial charge < -0.3 is 11.1 Å². The molecular weight excluding hydrogens is 200 g/mol. The summed E-state index contributed by atoms with van der Waals surface area (Å²) in [6.07, 6.45) is 6.39. The number of hydrogen-bond donors (Lipinski definition) is 2. The van der Waals surface area contributed by atoms with E-state index < -0.39 is 0 Å². The largest absolute Gasteiger partial charge is 0.356 e. The van der Waals surface area contributed by atoms with E-state index in [4.69, 9.17) is 5.73 Å². The molecule has 0 heterocycles. The van der Waals surface area contributed by atoms with Gasteiger partial charge in [0.2, 0.25) is 5.91 Å². The smallest absolute Gasteiger partial charge is 0.222 e. The molecule has 1 aliphatic carbocycles. The van der Waals surface area contributed by atoms with Crippen LogP contribution in [0.4, 0.5) is 0 Å². The molecule has 1 saturated carbocycles. The van der Waals surface area contributed by atoms with Crippen LogP contribution in [0.15, 0.2) is 0 Å². The topological polar surface area (TPSA) is 55.1 Å². The number of amides is 1. The first-order valence-electron chi connectivity index (χ1n) is 6.61. The fourth-order valence-corrected chi connectivity index (χ4v) is 2.39. The molecule has 1 fully saturated rings. The van der Waals surface area contributed by atoms with Crippen LogP contribution in [-0.4, -0.2) is 19.0 Å². The Balaban J connectivity index is 2.19. The third-order valence-electron chi connectivity index (χ3n) is 3.64. The Morgan fingerprint density at radius 1 is 1.38 bits per heavy atom. The molecular formula is C13H26N2O. The van der Waals surface area contributed by atoms with Gasteiger partial charge in [0.25, 0.3) is 0 Å². The van der Waals surface area contributed by atoms with Crippen molar-refractivity contribution < 1.29 is 4.79 Å². The molecule has 0 aromatic rings. The Morgan fingerprint density at radius 2 is 2.00 bits per heavy atom. The summed E-state index contributed by atoms with van der Waals surface area (Å²) in [7, 11) is 0. The van der Waals surface area contributed by atoms with Crippen molar-refractivity contribution in [2.45, 2.75) is 46.0 Å². The van der Waals surface area contributed by atoms with E-state index in [1.165, 1.54) is 25.7 Å². The van der Waals surface area contributed by atoms with Crippen LogP contribution in [0.3, 0.4) is 0 Å². The van der Waals surface area contributed by atoms with Crippen LogP contribution in [-0.2, 0) is 4.79 Å². The van der Waals surface area contributed by atoms with Gasteiger partial charge in [-0.05, 0) is 24.8 Å². The number of carbonyl (C=O) groups excluding carboxylic acids is 1. The van der Waals surface area contributed by atoms with E-state index in [-0.39, 0.29) is 11.8 Å². The average molecular weight is 226 g/mol. The number of nitrogens with two attached hydrogens (primary N) is 1. The van der Waals surface area contributed by atoms with Crippen LogP contribution in [0.25, 0.3) is 0 Å². The summed E-state index contributed by atoms with van der Waals surface area (Å²) in [5.41, 5.74) is 5.52. The van der Waals surface area contributed by atoms with Crippen molar-refractivity contribution in [2.75, 3.05) is 13.1 Å². The Morgan fingerprint density at radius 3 is 2.56 bits per heavy atom. The average Bonchev–Trinajstić information content (AvgIpc) is 2.77. The number of hydrogen-bond acceptors (Lipinski definition) is 2. The van der Waals surface area contributed by atoms with Gasteiger partial charge >= 0.3 is 0 Å². The molecule has 2 atom stereocenters. The summed E-state index contributed by atoms with van der Waals surface area (Å²) in [4.78, 5) is 11.8. The maximum atomic E-state index is 11.8. The highest BCUT2D eigenvalue weighted by Gasteiger charge is 2.21. The molecule has 3 nitrogen and oxygen atoms in total. The van der Waals surface area contributed by atoms with Gasteiger partial charge in [0, 0.05) is 12.5 Å². The lowest BCUT2D eigenvalue weighted by atomic mass is 9.94. The SMILES string of the molecule is CC(CN)CNC(=O)C(C)CC1CCCC1. The minimum absolute atomic E-state index is 0.160. The first-order valence-corrected chi connectivity index (χ1v) is 6.61. The minimum atomic E-state index is 0.160. The van der Waals surface area contributed by atoms with Crippen molar-refractivity contribution in [3.8, 4) is 0 Å². The van der Waals surface area contributed by atoms with Gasteiger partial charge in [-0.25, -0.2) is 0 Å². The van der Waals surface area contributed by atoms with Crippen molar-refractivity contribution in [1.29, 1.82) is 0 Å². The van der Waals surface area contributed by atoms with Crippen LogP contribution in [0, 0.1) is 17.8 Å². The van der Waals surface area contributed by atoms with Crippen LogP contribution in [0.2, 0.25) is 0 Å². The van der Waals surface area contributed by atoms with Gasteiger partial charge in [-0.15, -0.1) is 0 Å². The van der Waals surface area contributed by atoms with Crippen molar-refractivity contribution in [3.05, 3.63) is 0 Å². The van der Waals surface area contributed by atoms with E-state index in [2.05, 4.69) is 12.2 Å². The first kappa shape index (κ1) is 13.5. The Kier molecular flexibility index (Phi) is 5.81. The van der Waals surface area contributed by atoms with E-state index >= 15 is 0 Å². The molecule has 0 radical (unpaired) electrons. The summed E-state index contributed by atoms with van der Waals surface area (Å²) in [6, 6.07) is 0. The van der Waals surface area contributed by atoms with Crippen LogP contribution < -0.4 is 11.1 Å². The second-order valence-electron chi connectivity index (χ2n) is 5.37. The van der Waals surface area contributed by atoms with Gasteiger partial charge in [0.05, 0.1) is 0 Å². The second-order valence-corrected chi connectivity index (χ2v) is 5.37. The van der Waals surface area contributed by atoms with Gasteiger partial charge in [-0.1, -0.05) is 39.5 Å². The molecule has 0 spiro atoms. The first-order chi connectivity index (χ1) is 7.63. The van der Waals surface area contributed by atoms with E-state index in [9.17, 15) is 4.79 Å². The van der Waals surface area contributed by atoms with E-state index in [0.717, 1.165) is 12.3 Å². The monoisotopic (exact) mass is 226 g/mol. The third kappa shape index (κ3) is 4.52. The molecule has 3 N–H and O–H groups in total. The highest BCUT2D eigenvalue weighted by Crippen LogP contribution is 2.30. The number of nitrogens with one attached hydrogen (secondary N) is 1. The van der Waals surface area contributed by atoms with Crippen molar-refractivity contribution >= 4 is 5.91 Å². The van der Waals surface area contributed by atoms with Gasteiger partial charge in [-0.3, -0.25) is 4.79 Å². The Bertz CT molecular complexity index is 212. The van der Waals surface area contributed by atoms with E-state index in [1.54, 1.807) is 0 Å².